The average Bonchev–Trinajstić information content (AvgIpc) is 3.27. The van der Waals surface area contributed by atoms with Crippen LogP contribution in [0.4, 0.5) is 5.69 Å². The molecule has 0 radical (unpaired) electrons. The predicted molar refractivity (Wildman–Crippen MR) is 121 cm³/mol. The largest absolute Gasteiger partial charge is 0.481 e. The Balaban J connectivity index is 0.00000124. The van der Waals surface area contributed by atoms with Crippen molar-refractivity contribution in [3.8, 4) is 11.1 Å². The van der Waals surface area contributed by atoms with Gasteiger partial charge in [-0.15, -0.1) is 0 Å². The second-order valence-electron chi connectivity index (χ2n) is 6.90. The Morgan fingerprint density at radius 1 is 1.07 bits per heavy atom. The van der Waals surface area contributed by atoms with Crippen LogP contribution in [0.25, 0.3) is 22.8 Å². The van der Waals surface area contributed by atoms with Crippen molar-refractivity contribution in [3.63, 3.8) is 0 Å². The van der Waals surface area contributed by atoms with Gasteiger partial charge in [-0.3, -0.25) is 9.59 Å². The fraction of sp³-hybridized carbons (Fsp3) is 0.200. The summed E-state index contributed by atoms with van der Waals surface area (Å²) in [5, 5.41) is 11.9. The highest BCUT2D eigenvalue weighted by atomic mass is 16.4. The summed E-state index contributed by atoms with van der Waals surface area (Å²) < 4.78 is 0. The lowest BCUT2D eigenvalue weighted by atomic mass is 9.99. The number of aryl methyl sites for hydroxylation is 1. The van der Waals surface area contributed by atoms with Crippen molar-refractivity contribution in [2.45, 2.75) is 33.6 Å². The molecule has 2 heterocycles. The van der Waals surface area contributed by atoms with Gasteiger partial charge in [0, 0.05) is 29.6 Å². The van der Waals surface area contributed by atoms with Crippen LogP contribution in [-0.4, -0.2) is 22.0 Å². The maximum atomic E-state index is 12.6. The van der Waals surface area contributed by atoms with Crippen LogP contribution in [0.1, 0.15) is 42.7 Å². The molecule has 5 nitrogen and oxygen atoms in total. The Bertz CT molecular complexity index is 1090. The number of carboxylic acids is 1. The van der Waals surface area contributed by atoms with Gasteiger partial charge in [-0.05, 0) is 47.7 Å². The first-order chi connectivity index (χ1) is 14.5. The van der Waals surface area contributed by atoms with Crippen LogP contribution in [0.2, 0.25) is 0 Å². The van der Waals surface area contributed by atoms with E-state index in [0.717, 1.165) is 39.2 Å². The second kappa shape index (κ2) is 9.27. The molecule has 5 heteroatoms. The molecule has 4 rings (SSSR count). The number of amides is 1. The summed E-state index contributed by atoms with van der Waals surface area (Å²) in [6.45, 7) is 5.94. The number of nitrogens with one attached hydrogen (secondary N) is 2. The molecule has 0 bridgehead atoms. The number of anilines is 1. The number of aliphatic carboxylic acids is 1. The number of carboxylic acid groups (broad SMARTS) is 1. The molecule has 2 aromatic carbocycles. The second-order valence-corrected chi connectivity index (χ2v) is 6.90. The lowest BCUT2D eigenvalue weighted by Gasteiger charge is -2.05. The molecule has 0 spiro atoms. The number of H-pyrrole nitrogens is 1. The molecule has 0 fully saturated rings. The fourth-order valence-electron chi connectivity index (χ4n) is 3.56. The van der Waals surface area contributed by atoms with Crippen molar-refractivity contribution >= 4 is 29.2 Å². The van der Waals surface area contributed by atoms with E-state index in [4.69, 9.17) is 5.11 Å². The van der Waals surface area contributed by atoms with Crippen molar-refractivity contribution in [1.29, 1.82) is 0 Å². The van der Waals surface area contributed by atoms with Crippen LogP contribution in [0.15, 0.2) is 54.7 Å². The molecular formula is C25H26N2O3. The van der Waals surface area contributed by atoms with E-state index in [0.29, 0.717) is 12.0 Å². The fourth-order valence-corrected chi connectivity index (χ4v) is 3.56. The van der Waals surface area contributed by atoms with Gasteiger partial charge in [-0.2, -0.15) is 0 Å². The van der Waals surface area contributed by atoms with Gasteiger partial charge < -0.3 is 15.4 Å². The van der Waals surface area contributed by atoms with Gasteiger partial charge in [0.2, 0.25) is 0 Å². The molecule has 1 aliphatic rings. The van der Waals surface area contributed by atoms with E-state index in [2.05, 4.69) is 10.3 Å². The lowest BCUT2D eigenvalue weighted by molar-refractivity contribution is -0.137. The molecule has 0 aliphatic carbocycles. The summed E-state index contributed by atoms with van der Waals surface area (Å²) in [6, 6.07) is 15.9. The van der Waals surface area contributed by atoms with Crippen LogP contribution >= 0.6 is 0 Å². The highest BCUT2D eigenvalue weighted by Gasteiger charge is 2.25. The minimum atomic E-state index is -0.836. The molecule has 1 aliphatic heterocycles. The third-order valence-corrected chi connectivity index (χ3v) is 5.03. The zero-order chi connectivity index (χ0) is 21.7. The molecule has 0 saturated heterocycles. The highest BCUT2D eigenvalue weighted by molar-refractivity contribution is 6.35. The van der Waals surface area contributed by atoms with E-state index in [9.17, 15) is 9.59 Å². The number of hydrogen-bond acceptors (Lipinski definition) is 2. The lowest BCUT2D eigenvalue weighted by Crippen LogP contribution is -2.04. The number of fused-ring (bicyclic) bond motifs is 1. The quantitative estimate of drug-likeness (QED) is 0.491. The number of aromatic amines is 1. The van der Waals surface area contributed by atoms with E-state index in [1.807, 2.05) is 81.6 Å². The molecule has 1 aromatic heterocycles. The summed E-state index contributed by atoms with van der Waals surface area (Å²) in [7, 11) is 0. The summed E-state index contributed by atoms with van der Waals surface area (Å²) in [6.07, 6.45) is 4.13. The maximum Gasteiger partial charge on any atom is 0.303 e. The minimum Gasteiger partial charge on any atom is -0.481 e. The van der Waals surface area contributed by atoms with Gasteiger partial charge in [0.05, 0.1) is 5.57 Å². The molecule has 3 N–H and O–H groups in total. The standard InChI is InChI=1S/C23H20N2O3.C2H6/c1-14-13-24-20(17(14)9-10-22(26)27)12-19-18-8-7-16(11-21(18)25-23(19)28)15-5-3-2-4-6-15;1-2/h2-8,11-13,24H,9-10H2,1H3,(H,25,28)(H,26,27);1-2H3/b19-12-;. The molecule has 0 saturated carbocycles. The maximum absolute atomic E-state index is 12.6. The zero-order valence-electron chi connectivity index (χ0n) is 17.5. The Morgan fingerprint density at radius 3 is 2.50 bits per heavy atom. The van der Waals surface area contributed by atoms with E-state index < -0.39 is 5.97 Å². The first-order valence-electron chi connectivity index (χ1n) is 10.1. The normalized spacial score (nSPS) is 13.4. The number of rotatable bonds is 5. The van der Waals surface area contributed by atoms with E-state index in [1.165, 1.54) is 0 Å². The van der Waals surface area contributed by atoms with Crippen LogP contribution in [0, 0.1) is 6.92 Å². The average molecular weight is 402 g/mol. The summed E-state index contributed by atoms with van der Waals surface area (Å²) in [5.41, 5.74) is 7.04. The monoisotopic (exact) mass is 402 g/mol. The minimum absolute atomic E-state index is 0.0537. The van der Waals surface area contributed by atoms with E-state index >= 15 is 0 Å². The summed E-state index contributed by atoms with van der Waals surface area (Å²) >= 11 is 0. The van der Waals surface area contributed by atoms with E-state index in [-0.39, 0.29) is 12.3 Å². The predicted octanol–water partition coefficient (Wildman–Crippen LogP) is 5.53. The Morgan fingerprint density at radius 2 is 1.80 bits per heavy atom. The van der Waals surface area contributed by atoms with Gasteiger partial charge in [-0.25, -0.2) is 0 Å². The summed E-state index contributed by atoms with van der Waals surface area (Å²) in [5.74, 6) is -0.992. The first-order valence-corrected chi connectivity index (χ1v) is 10.1. The molecule has 0 atom stereocenters. The zero-order valence-corrected chi connectivity index (χ0v) is 17.5. The number of aromatic nitrogens is 1. The highest BCUT2D eigenvalue weighted by Crippen LogP contribution is 2.36. The van der Waals surface area contributed by atoms with Gasteiger partial charge in [0.25, 0.3) is 5.91 Å². The molecule has 0 unspecified atom stereocenters. The van der Waals surface area contributed by atoms with Crippen molar-refractivity contribution in [1.82, 2.24) is 4.98 Å². The van der Waals surface area contributed by atoms with Crippen LogP contribution in [-0.2, 0) is 16.0 Å². The molecule has 154 valence electrons. The van der Waals surface area contributed by atoms with Crippen LogP contribution in [0.3, 0.4) is 0 Å². The SMILES string of the molecule is CC.Cc1c[nH]c(/C=C2\C(=O)Nc3cc(-c4ccccc4)ccc32)c1CCC(=O)O. The Labute approximate surface area is 176 Å². The molecule has 1 amide bonds. The molecule has 3 aromatic rings. The van der Waals surface area contributed by atoms with Gasteiger partial charge in [0.15, 0.2) is 0 Å². The van der Waals surface area contributed by atoms with Crippen molar-refractivity contribution < 1.29 is 14.7 Å². The van der Waals surface area contributed by atoms with Crippen molar-refractivity contribution in [2.24, 2.45) is 0 Å². The third kappa shape index (κ3) is 4.35. The Hall–Kier alpha value is -3.60. The number of hydrogen-bond donors (Lipinski definition) is 3. The summed E-state index contributed by atoms with van der Waals surface area (Å²) in [4.78, 5) is 26.7. The van der Waals surface area contributed by atoms with Crippen LogP contribution < -0.4 is 5.32 Å². The molecular weight excluding hydrogens is 376 g/mol. The third-order valence-electron chi connectivity index (χ3n) is 5.03. The molecule has 30 heavy (non-hydrogen) atoms. The number of carbonyl (C=O) groups is 2. The smallest absolute Gasteiger partial charge is 0.303 e. The number of benzene rings is 2. The van der Waals surface area contributed by atoms with Crippen molar-refractivity contribution in [2.75, 3.05) is 5.32 Å². The van der Waals surface area contributed by atoms with Gasteiger partial charge in [0.1, 0.15) is 0 Å². The Kier molecular flexibility index (Phi) is 6.52. The first kappa shape index (κ1) is 21.1. The topological polar surface area (TPSA) is 82.2 Å². The number of carbonyl (C=O) groups excluding carboxylic acids is 1. The van der Waals surface area contributed by atoms with E-state index in [1.54, 1.807) is 0 Å². The van der Waals surface area contributed by atoms with Crippen molar-refractivity contribution in [3.05, 3.63) is 77.1 Å². The van der Waals surface area contributed by atoms with Gasteiger partial charge in [-0.1, -0.05) is 56.3 Å². The van der Waals surface area contributed by atoms with Crippen LogP contribution in [0.5, 0.6) is 0 Å². The van der Waals surface area contributed by atoms with Gasteiger partial charge >= 0.3 is 5.97 Å².